The number of amides is 1. The van der Waals surface area contributed by atoms with Gasteiger partial charge >= 0.3 is 5.97 Å². The fourth-order valence-electron chi connectivity index (χ4n) is 3.17. The van der Waals surface area contributed by atoms with Crippen LogP contribution in [0.4, 0.5) is 5.69 Å². The van der Waals surface area contributed by atoms with E-state index in [0.29, 0.717) is 34.1 Å². The summed E-state index contributed by atoms with van der Waals surface area (Å²) in [7, 11) is 3.09. The summed E-state index contributed by atoms with van der Waals surface area (Å²) in [6.45, 7) is 3.30. The molecule has 176 valence electrons. The summed E-state index contributed by atoms with van der Waals surface area (Å²) < 4.78 is 21.5. The Labute approximate surface area is 198 Å². The van der Waals surface area contributed by atoms with Gasteiger partial charge in [0.2, 0.25) is 0 Å². The van der Waals surface area contributed by atoms with E-state index < -0.39 is 5.97 Å². The molecule has 0 spiro atoms. The predicted octanol–water partition coefficient (Wildman–Crippen LogP) is 5.25. The largest absolute Gasteiger partial charge is 0.497 e. The maximum atomic E-state index is 12.9. The summed E-state index contributed by atoms with van der Waals surface area (Å²) in [5, 5.41) is 2.94. The molecular weight excluding hydrogens is 434 g/mol. The van der Waals surface area contributed by atoms with Crippen LogP contribution >= 0.6 is 0 Å². The first-order chi connectivity index (χ1) is 16.4. The Hall–Kier alpha value is -4.26. The minimum Gasteiger partial charge on any atom is -0.497 e. The Bertz CT molecular complexity index is 1200. The molecule has 1 N–H and O–H groups in total. The van der Waals surface area contributed by atoms with E-state index in [1.54, 1.807) is 44.4 Å². The third kappa shape index (κ3) is 6.62. The lowest BCUT2D eigenvalue weighted by atomic mass is 10.1. The lowest BCUT2D eigenvalue weighted by Crippen LogP contribution is -2.14. The van der Waals surface area contributed by atoms with Gasteiger partial charge in [0.15, 0.2) is 11.5 Å². The number of hydrogen-bond donors (Lipinski definition) is 1. The van der Waals surface area contributed by atoms with Crippen LogP contribution in [-0.2, 0) is 16.2 Å². The highest BCUT2D eigenvalue weighted by atomic mass is 16.6. The number of anilines is 1. The quantitative estimate of drug-likeness (QED) is 0.266. The minimum atomic E-state index is -0.457. The topological polar surface area (TPSA) is 83.1 Å². The van der Waals surface area contributed by atoms with Gasteiger partial charge in [-0.05, 0) is 48.9 Å². The Balaban J connectivity index is 1.73. The average molecular weight is 462 g/mol. The van der Waals surface area contributed by atoms with Gasteiger partial charge in [0.25, 0.3) is 5.91 Å². The highest BCUT2D eigenvalue weighted by molar-refractivity contribution is 6.06. The molecule has 0 radical (unpaired) electrons. The summed E-state index contributed by atoms with van der Waals surface area (Å²) in [4.78, 5) is 24.2. The van der Waals surface area contributed by atoms with Gasteiger partial charge < -0.3 is 24.3 Å². The van der Waals surface area contributed by atoms with E-state index in [1.165, 1.54) is 14.0 Å². The van der Waals surface area contributed by atoms with Crippen molar-refractivity contribution in [3.63, 3.8) is 0 Å². The molecule has 0 saturated carbocycles. The summed E-state index contributed by atoms with van der Waals surface area (Å²) in [6.07, 6.45) is 1.71. The molecule has 0 saturated heterocycles. The van der Waals surface area contributed by atoms with Crippen molar-refractivity contribution >= 4 is 23.6 Å². The van der Waals surface area contributed by atoms with E-state index in [4.69, 9.17) is 18.9 Å². The van der Waals surface area contributed by atoms with Crippen LogP contribution in [0.15, 0.2) is 72.3 Å². The molecule has 0 atom stereocenters. The SMILES string of the molecule is COc1cccc(OCc2ccccc2NC(=O)C(C)=Cc2ccc(OC)c(OC(C)=O)c2)c1. The molecule has 0 aliphatic rings. The molecule has 3 aromatic carbocycles. The molecule has 0 fully saturated rings. The van der Waals surface area contributed by atoms with Crippen LogP contribution in [-0.4, -0.2) is 26.1 Å². The zero-order chi connectivity index (χ0) is 24.5. The van der Waals surface area contributed by atoms with Gasteiger partial charge in [-0.15, -0.1) is 0 Å². The Kier molecular flexibility index (Phi) is 8.29. The normalized spacial score (nSPS) is 10.9. The number of methoxy groups -OCH3 is 2. The second-order valence-corrected chi connectivity index (χ2v) is 7.41. The van der Waals surface area contributed by atoms with Crippen LogP contribution in [0.3, 0.4) is 0 Å². The van der Waals surface area contributed by atoms with Crippen molar-refractivity contribution in [3.05, 3.63) is 83.4 Å². The van der Waals surface area contributed by atoms with Gasteiger partial charge in [-0.3, -0.25) is 9.59 Å². The van der Waals surface area contributed by atoms with Crippen molar-refractivity contribution in [2.45, 2.75) is 20.5 Å². The van der Waals surface area contributed by atoms with E-state index in [2.05, 4.69) is 5.32 Å². The van der Waals surface area contributed by atoms with E-state index in [0.717, 1.165) is 5.56 Å². The number of hydrogen-bond acceptors (Lipinski definition) is 6. The van der Waals surface area contributed by atoms with E-state index in [-0.39, 0.29) is 18.3 Å². The van der Waals surface area contributed by atoms with Crippen molar-refractivity contribution in [2.24, 2.45) is 0 Å². The van der Waals surface area contributed by atoms with Crippen LogP contribution < -0.4 is 24.3 Å². The van der Waals surface area contributed by atoms with Crippen LogP contribution in [0, 0.1) is 0 Å². The third-order valence-corrected chi connectivity index (χ3v) is 4.88. The summed E-state index contributed by atoms with van der Waals surface area (Å²) >= 11 is 0. The number of nitrogens with one attached hydrogen (secondary N) is 1. The highest BCUT2D eigenvalue weighted by Gasteiger charge is 2.11. The van der Waals surface area contributed by atoms with Crippen molar-refractivity contribution < 1.29 is 28.5 Å². The summed E-state index contributed by atoms with van der Waals surface area (Å²) in [5.74, 6) is 1.37. The molecule has 1 amide bonds. The number of ether oxygens (including phenoxy) is 4. The highest BCUT2D eigenvalue weighted by Crippen LogP contribution is 2.29. The summed E-state index contributed by atoms with van der Waals surface area (Å²) in [6, 6.07) is 19.9. The fraction of sp³-hybridized carbons (Fsp3) is 0.185. The monoisotopic (exact) mass is 461 g/mol. The molecule has 0 aliphatic carbocycles. The molecule has 3 aromatic rings. The molecule has 0 heterocycles. The molecule has 7 heteroatoms. The molecule has 34 heavy (non-hydrogen) atoms. The van der Waals surface area contributed by atoms with E-state index >= 15 is 0 Å². The van der Waals surface area contributed by atoms with Gasteiger partial charge in [-0.1, -0.05) is 30.3 Å². The van der Waals surface area contributed by atoms with Crippen molar-refractivity contribution in [1.82, 2.24) is 0 Å². The van der Waals surface area contributed by atoms with Crippen LogP contribution in [0.25, 0.3) is 6.08 Å². The first-order valence-corrected chi connectivity index (χ1v) is 10.6. The Morgan fingerprint density at radius 3 is 2.35 bits per heavy atom. The number of esters is 1. The second kappa shape index (κ2) is 11.6. The van der Waals surface area contributed by atoms with Crippen LogP contribution in [0.1, 0.15) is 25.0 Å². The van der Waals surface area contributed by atoms with Gasteiger partial charge in [-0.2, -0.15) is 0 Å². The van der Waals surface area contributed by atoms with E-state index in [9.17, 15) is 9.59 Å². The predicted molar refractivity (Wildman–Crippen MR) is 130 cm³/mol. The number of rotatable bonds is 9. The number of carbonyl (C=O) groups is 2. The number of para-hydroxylation sites is 1. The molecular formula is C27H27NO6. The maximum absolute atomic E-state index is 12.9. The van der Waals surface area contributed by atoms with Crippen molar-refractivity contribution in [3.8, 4) is 23.0 Å². The van der Waals surface area contributed by atoms with Crippen molar-refractivity contribution in [2.75, 3.05) is 19.5 Å². The minimum absolute atomic E-state index is 0.265. The van der Waals surface area contributed by atoms with Crippen LogP contribution in [0.2, 0.25) is 0 Å². The van der Waals surface area contributed by atoms with Gasteiger partial charge in [0, 0.05) is 29.8 Å². The molecule has 0 aliphatic heterocycles. The number of carbonyl (C=O) groups excluding carboxylic acids is 2. The van der Waals surface area contributed by atoms with Gasteiger partial charge in [0.05, 0.1) is 14.2 Å². The molecule has 0 bridgehead atoms. The Morgan fingerprint density at radius 1 is 0.853 bits per heavy atom. The first-order valence-electron chi connectivity index (χ1n) is 10.6. The fourth-order valence-corrected chi connectivity index (χ4v) is 3.17. The summed E-state index contributed by atoms with van der Waals surface area (Å²) in [5.41, 5.74) is 2.65. The van der Waals surface area contributed by atoms with Gasteiger partial charge in [-0.25, -0.2) is 0 Å². The Morgan fingerprint density at radius 2 is 1.62 bits per heavy atom. The first kappa shape index (κ1) is 24.4. The lowest BCUT2D eigenvalue weighted by molar-refractivity contribution is -0.132. The lowest BCUT2D eigenvalue weighted by Gasteiger charge is -2.13. The average Bonchev–Trinajstić information content (AvgIpc) is 2.83. The number of benzene rings is 3. The standard InChI is InChI=1S/C27H27NO6/c1-18(14-20-12-13-25(32-4)26(15-20)34-19(2)29)27(30)28-24-11-6-5-8-21(24)17-33-23-10-7-9-22(16-23)31-3/h5-16H,17H2,1-4H3,(H,28,30). The molecule has 0 unspecified atom stereocenters. The van der Waals surface area contributed by atoms with Crippen molar-refractivity contribution in [1.29, 1.82) is 0 Å². The van der Waals surface area contributed by atoms with Gasteiger partial charge in [0.1, 0.15) is 18.1 Å². The molecule has 0 aromatic heterocycles. The van der Waals surface area contributed by atoms with Crippen LogP contribution in [0.5, 0.6) is 23.0 Å². The molecule has 7 nitrogen and oxygen atoms in total. The smallest absolute Gasteiger partial charge is 0.308 e. The second-order valence-electron chi connectivity index (χ2n) is 7.41. The zero-order valence-electron chi connectivity index (χ0n) is 19.6. The zero-order valence-corrected chi connectivity index (χ0v) is 19.6. The maximum Gasteiger partial charge on any atom is 0.308 e. The third-order valence-electron chi connectivity index (χ3n) is 4.88. The molecule has 3 rings (SSSR count). The van der Waals surface area contributed by atoms with E-state index in [1.807, 2.05) is 42.5 Å².